The van der Waals surface area contributed by atoms with Crippen LogP contribution in [0.15, 0.2) is 35.1 Å². The number of ether oxygens (including phenoxy) is 3. The first kappa shape index (κ1) is 25.0. The van der Waals surface area contributed by atoms with E-state index < -0.39 is 23.1 Å². The maximum atomic E-state index is 14.5. The Morgan fingerprint density at radius 1 is 1.20 bits per heavy atom. The summed E-state index contributed by atoms with van der Waals surface area (Å²) in [5, 5.41) is 11.4. The normalized spacial score (nSPS) is 17.9. The molecule has 0 bridgehead atoms. The molecule has 0 saturated carbocycles. The predicted molar refractivity (Wildman–Crippen MR) is 122 cm³/mol. The van der Waals surface area contributed by atoms with E-state index in [9.17, 15) is 18.4 Å². The van der Waals surface area contributed by atoms with E-state index in [0.717, 1.165) is 6.07 Å². The van der Waals surface area contributed by atoms with Gasteiger partial charge in [-0.3, -0.25) is 9.59 Å². The van der Waals surface area contributed by atoms with Gasteiger partial charge in [0.05, 0.1) is 43.1 Å². The number of aromatic amines is 1. The molecule has 12 heteroatoms. The molecular weight excluding hydrogens is 488 g/mol. The first-order valence-electron chi connectivity index (χ1n) is 10.8. The van der Waals surface area contributed by atoms with Gasteiger partial charge in [-0.05, 0) is 29.8 Å². The molecule has 3 aromatic rings. The van der Waals surface area contributed by atoms with Crippen molar-refractivity contribution >= 4 is 28.4 Å². The fourth-order valence-electron chi connectivity index (χ4n) is 3.49. The molecule has 186 valence electrons. The molecule has 1 aromatic heterocycles. The van der Waals surface area contributed by atoms with Gasteiger partial charge in [0.25, 0.3) is 11.5 Å². The summed E-state index contributed by atoms with van der Waals surface area (Å²) in [6, 6.07) is 6.37. The first-order chi connectivity index (χ1) is 16.9. The number of nitrogens with one attached hydrogen (secondary N) is 2. The second kappa shape index (κ2) is 11.1. The van der Waals surface area contributed by atoms with Crippen LogP contribution < -0.4 is 15.6 Å². The molecule has 2 atom stereocenters. The Labute approximate surface area is 203 Å². The Balaban J connectivity index is 1.45. The summed E-state index contributed by atoms with van der Waals surface area (Å²) in [6.07, 6.45) is -0.293. The van der Waals surface area contributed by atoms with Crippen LogP contribution in [0.1, 0.15) is 22.6 Å². The average Bonchev–Trinajstić information content (AvgIpc) is 2.86. The van der Waals surface area contributed by atoms with Gasteiger partial charge in [-0.1, -0.05) is 17.7 Å². The second-order valence-electron chi connectivity index (χ2n) is 7.85. The van der Waals surface area contributed by atoms with E-state index in [2.05, 4.69) is 15.3 Å². The number of aliphatic hydroxyl groups excluding tert-OH is 1. The van der Waals surface area contributed by atoms with Crippen LogP contribution in [0.25, 0.3) is 10.9 Å². The van der Waals surface area contributed by atoms with Gasteiger partial charge in [-0.2, -0.15) is 0 Å². The molecule has 1 amide bonds. The van der Waals surface area contributed by atoms with Gasteiger partial charge in [0.1, 0.15) is 17.3 Å². The van der Waals surface area contributed by atoms with E-state index in [1.807, 2.05) is 0 Å². The van der Waals surface area contributed by atoms with E-state index in [0.29, 0.717) is 12.0 Å². The molecule has 4 rings (SSSR count). The highest BCUT2D eigenvalue weighted by Gasteiger charge is 2.22. The number of nitrogens with zero attached hydrogens (tertiary/aromatic N) is 1. The van der Waals surface area contributed by atoms with Gasteiger partial charge >= 0.3 is 0 Å². The summed E-state index contributed by atoms with van der Waals surface area (Å²) in [7, 11) is 0. The van der Waals surface area contributed by atoms with E-state index in [-0.39, 0.29) is 72.7 Å². The van der Waals surface area contributed by atoms with Gasteiger partial charge in [0.15, 0.2) is 17.4 Å². The number of H-pyrrole nitrogens is 1. The zero-order valence-corrected chi connectivity index (χ0v) is 19.1. The summed E-state index contributed by atoms with van der Waals surface area (Å²) >= 11 is 5.74. The average molecular weight is 510 g/mol. The second-order valence-corrected chi connectivity index (χ2v) is 8.25. The third kappa shape index (κ3) is 5.93. The molecule has 2 unspecified atom stereocenters. The van der Waals surface area contributed by atoms with Crippen LogP contribution in [0.2, 0.25) is 5.02 Å². The molecule has 1 fully saturated rings. The van der Waals surface area contributed by atoms with E-state index in [1.54, 1.807) is 0 Å². The maximum Gasteiger partial charge on any atom is 0.287 e. The number of hydrogen-bond donors (Lipinski definition) is 3. The van der Waals surface area contributed by atoms with Crippen molar-refractivity contribution in [3.63, 3.8) is 0 Å². The number of aliphatic hydroxyl groups is 1. The molecule has 1 aliphatic rings. The van der Waals surface area contributed by atoms with Crippen LogP contribution in [0.5, 0.6) is 5.75 Å². The van der Waals surface area contributed by atoms with E-state index in [1.165, 1.54) is 24.3 Å². The molecule has 3 N–H and O–H groups in total. The summed E-state index contributed by atoms with van der Waals surface area (Å²) in [5.74, 6) is -2.58. The zero-order valence-electron chi connectivity index (χ0n) is 18.4. The molecule has 1 aliphatic heterocycles. The van der Waals surface area contributed by atoms with Gasteiger partial charge < -0.3 is 29.6 Å². The molecule has 9 nitrogen and oxygen atoms in total. The molecule has 35 heavy (non-hydrogen) atoms. The fourth-order valence-corrected chi connectivity index (χ4v) is 3.69. The largest absolute Gasteiger partial charge is 0.489 e. The third-order valence-corrected chi connectivity index (χ3v) is 5.65. The Morgan fingerprint density at radius 3 is 2.66 bits per heavy atom. The minimum absolute atomic E-state index is 0.0182. The van der Waals surface area contributed by atoms with Crippen molar-refractivity contribution in [2.75, 3.05) is 26.4 Å². The molecule has 2 aromatic carbocycles. The highest BCUT2D eigenvalue weighted by molar-refractivity contribution is 6.30. The van der Waals surface area contributed by atoms with Crippen molar-refractivity contribution < 1.29 is 32.9 Å². The molecule has 0 spiro atoms. The lowest BCUT2D eigenvalue weighted by Gasteiger charge is -2.28. The van der Waals surface area contributed by atoms with E-state index in [4.69, 9.17) is 30.9 Å². The van der Waals surface area contributed by atoms with Crippen LogP contribution in [0.4, 0.5) is 8.78 Å². The fraction of sp³-hybridized carbons (Fsp3) is 0.348. The molecule has 1 saturated heterocycles. The molecule has 0 radical (unpaired) electrons. The lowest BCUT2D eigenvalue weighted by atomic mass is 10.2. The lowest BCUT2D eigenvalue weighted by Crippen LogP contribution is -2.38. The predicted octanol–water partition coefficient (Wildman–Crippen LogP) is 2.33. The van der Waals surface area contributed by atoms with Crippen LogP contribution >= 0.6 is 11.6 Å². The van der Waals surface area contributed by atoms with Crippen molar-refractivity contribution in [2.45, 2.75) is 25.2 Å². The number of halogens is 3. The number of carbonyl (C=O) groups excluding carboxylic acids is 1. The van der Waals surface area contributed by atoms with Gasteiger partial charge in [0, 0.05) is 13.0 Å². The van der Waals surface area contributed by atoms with Crippen molar-refractivity contribution in [1.29, 1.82) is 0 Å². The van der Waals surface area contributed by atoms with E-state index >= 15 is 0 Å². The van der Waals surface area contributed by atoms with Gasteiger partial charge in [0.2, 0.25) is 0 Å². The standard InChI is InChI=1S/C23H22ClF2N3O6/c24-15-7-12(1-2-16(15)25)8-27-23(32)21-28-18-4-3-17(26)20(19(18)22(31)29-21)33-6-5-13-10-35-14(9-30)11-34-13/h1-4,7,13-14,30H,5-6,8-11H2,(H,27,32)(H,28,29,31). The smallest absolute Gasteiger partial charge is 0.287 e. The molecule has 2 heterocycles. The minimum Gasteiger partial charge on any atom is -0.489 e. The quantitative estimate of drug-likeness (QED) is 0.426. The van der Waals surface area contributed by atoms with Crippen molar-refractivity contribution in [1.82, 2.24) is 15.3 Å². The number of carbonyl (C=O) groups is 1. The molecule has 0 aliphatic carbocycles. The molecular formula is C23H22ClF2N3O6. The lowest BCUT2D eigenvalue weighted by molar-refractivity contribution is -0.148. The van der Waals surface area contributed by atoms with Gasteiger partial charge in [-0.25, -0.2) is 13.8 Å². The van der Waals surface area contributed by atoms with Crippen molar-refractivity contribution in [3.05, 3.63) is 68.7 Å². The van der Waals surface area contributed by atoms with Crippen molar-refractivity contribution in [2.24, 2.45) is 0 Å². The Kier molecular flexibility index (Phi) is 7.91. The number of rotatable bonds is 8. The first-order valence-corrected chi connectivity index (χ1v) is 11.1. The summed E-state index contributed by atoms with van der Waals surface area (Å²) in [4.78, 5) is 31.7. The Bertz CT molecular complexity index is 1280. The highest BCUT2D eigenvalue weighted by atomic mass is 35.5. The third-order valence-electron chi connectivity index (χ3n) is 5.36. The summed E-state index contributed by atoms with van der Waals surface area (Å²) in [5.41, 5.74) is -0.129. The van der Waals surface area contributed by atoms with Crippen LogP contribution in [0, 0.1) is 11.6 Å². The van der Waals surface area contributed by atoms with Gasteiger partial charge in [-0.15, -0.1) is 0 Å². The SMILES string of the molecule is O=C(NCc1ccc(F)c(Cl)c1)c1nc2ccc(F)c(OCCC3COC(CO)CO3)c2c(=O)[nH]1. The topological polar surface area (TPSA) is 123 Å². The number of hydrogen-bond acceptors (Lipinski definition) is 7. The monoisotopic (exact) mass is 509 g/mol. The number of aromatic nitrogens is 2. The van der Waals surface area contributed by atoms with Crippen LogP contribution in [0.3, 0.4) is 0 Å². The maximum absolute atomic E-state index is 14.5. The number of benzene rings is 2. The number of fused-ring (bicyclic) bond motifs is 1. The summed E-state index contributed by atoms with van der Waals surface area (Å²) in [6.45, 7) is 0.421. The van der Waals surface area contributed by atoms with Crippen LogP contribution in [-0.4, -0.2) is 59.6 Å². The number of amides is 1. The van der Waals surface area contributed by atoms with Crippen LogP contribution in [-0.2, 0) is 16.0 Å². The van der Waals surface area contributed by atoms with Crippen molar-refractivity contribution in [3.8, 4) is 5.75 Å². The highest BCUT2D eigenvalue weighted by Crippen LogP contribution is 2.26. The minimum atomic E-state index is -0.753. The Hall–Kier alpha value is -3.12. The summed E-state index contributed by atoms with van der Waals surface area (Å²) < 4.78 is 44.3. The zero-order chi connectivity index (χ0) is 24.9. The Morgan fingerprint density at radius 2 is 1.94 bits per heavy atom.